The zero-order valence-electron chi connectivity index (χ0n) is 10.7. The number of carbonyl (C=O) groups is 1. The number of halogens is 2. The van der Waals surface area contributed by atoms with Crippen LogP contribution in [-0.4, -0.2) is 10.9 Å². The highest BCUT2D eigenvalue weighted by atomic mass is 79.9. The standard InChI is InChI=1S/C16H9BrFNO2/c17-12-5-1-10(2-6-12)15(20)14(9-19)16(21)11-3-7-13(18)8-4-11/h1-8,20H. The second-order valence-electron chi connectivity index (χ2n) is 4.18. The predicted molar refractivity (Wildman–Crippen MR) is 80.0 cm³/mol. The molecule has 1 N–H and O–H groups in total. The Balaban J connectivity index is 2.44. The van der Waals surface area contributed by atoms with E-state index < -0.39 is 17.4 Å². The van der Waals surface area contributed by atoms with Crippen molar-refractivity contribution >= 4 is 27.5 Å². The Hall–Kier alpha value is -2.45. The number of benzene rings is 2. The normalized spacial score (nSPS) is 11.5. The third kappa shape index (κ3) is 3.36. The molecule has 0 aliphatic heterocycles. The van der Waals surface area contributed by atoms with Crippen LogP contribution in [-0.2, 0) is 0 Å². The molecule has 0 saturated carbocycles. The van der Waals surface area contributed by atoms with E-state index in [0.717, 1.165) is 16.6 Å². The van der Waals surface area contributed by atoms with Crippen molar-refractivity contribution in [3.63, 3.8) is 0 Å². The summed E-state index contributed by atoms with van der Waals surface area (Å²) in [6.45, 7) is 0. The third-order valence-corrected chi connectivity index (χ3v) is 3.33. The molecule has 0 spiro atoms. The Morgan fingerprint density at radius 2 is 1.57 bits per heavy atom. The molecule has 0 amide bonds. The summed E-state index contributed by atoms with van der Waals surface area (Å²) < 4.78 is 13.7. The highest BCUT2D eigenvalue weighted by molar-refractivity contribution is 9.10. The van der Waals surface area contributed by atoms with Gasteiger partial charge in [-0.25, -0.2) is 4.39 Å². The van der Waals surface area contributed by atoms with Gasteiger partial charge in [-0.2, -0.15) is 5.26 Å². The van der Waals surface area contributed by atoms with Crippen LogP contribution in [0, 0.1) is 17.1 Å². The van der Waals surface area contributed by atoms with Gasteiger partial charge in [0.25, 0.3) is 0 Å². The van der Waals surface area contributed by atoms with Crippen molar-refractivity contribution in [2.45, 2.75) is 0 Å². The van der Waals surface area contributed by atoms with Crippen molar-refractivity contribution in [3.8, 4) is 6.07 Å². The van der Waals surface area contributed by atoms with E-state index in [4.69, 9.17) is 5.26 Å². The zero-order valence-corrected chi connectivity index (χ0v) is 12.3. The van der Waals surface area contributed by atoms with Gasteiger partial charge in [0.15, 0.2) is 0 Å². The molecule has 2 aromatic carbocycles. The number of rotatable bonds is 3. The molecule has 0 unspecified atom stereocenters. The van der Waals surface area contributed by atoms with Gasteiger partial charge in [0.05, 0.1) is 0 Å². The second-order valence-corrected chi connectivity index (χ2v) is 5.09. The Morgan fingerprint density at radius 1 is 1.05 bits per heavy atom. The number of carbonyl (C=O) groups excluding carboxylic acids is 1. The molecule has 0 fully saturated rings. The van der Waals surface area contributed by atoms with Gasteiger partial charge in [0.2, 0.25) is 5.78 Å². The Morgan fingerprint density at radius 3 is 2.10 bits per heavy atom. The lowest BCUT2D eigenvalue weighted by molar-refractivity contribution is 0.103. The van der Waals surface area contributed by atoms with Gasteiger partial charge in [0.1, 0.15) is 23.2 Å². The molecule has 0 radical (unpaired) electrons. The maximum Gasteiger partial charge on any atom is 0.207 e. The molecule has 0 atom stereocenters. The first-order valence-electron chi connectivity index (χ1n) is 5.92. The summed E-state index contributed by atoms with van der Waals surface area (Å²) in [7, 11) is 0. The molecule has 21 heavy (non-hydrogen) atoms. The molecular formula is C16H9BrFNO2. The number of aliphatic hydroxyl groups is 1. The SMILES string of the molecule is N#CC(C(=O)c1ccc(F)cc1)=C(O)c1ccc(Br)cc1. The first kappa shape index (κ1) is 14.9. The molecule has 2 rings (SSSR count). The summed E-state index contributed by atoms with van der Waals surface area (Å²) in [5.41, 5.74) is 0.103. The highest BCUT2D eigenvalue weighted by Crippen LogP contribution is 2.21. The molecule has 0 heterocycles. The molecule has 0 aliphatic rings. The lowest BCUT2D eigenvalue weighted by Crippen LogP contribution is -2.05. The lowest BCUT2D eigenvalue weighted by atomic mass is 10.0. The van der Waals surface area contributed by atoms with Gasteiger partial charge < -0.3 is 5.11 Å². The van der Waals surface area contributed by atoms with Gasteiger partial charge in [0, 0.05) is 15.6 Å². The van der Waals surface area contributed by atoms with Gasteiger partial charge >= 0.3 is 0 Å². The fourth-order valence-electron chi connectivity index (χ4n) is 1.71. The van der Waals surface area contributed by atoms with E-state index >= 15 is 0 Å². The Bertz CT molecular complexity index is 743. The molecular weight excluding hydrogens is 337 g/mol. The van der Waals surface area contributed by atoms with Crippen LogP contribution in [0.1, 0.15) is 15.9 Å². The summed E-state index contributed by atoms with van der Waals surface area (Å²) >= 11 is 3.26. The molecule has 0 aliphatic carbocycles. The van der Waals surface area contributed by atoms with Crippen LogP contribution in [0.4, 0.5) is 4.39 Å². The molecule has 3 nitrogen and oxygen atoms in total. The fraction of sp³-hybridized carbons (Fsp3) is 0. The summed E-state index contributed by atoms with van der Waals surface area (Å²) in [6, 6.07) is 13.0. The summed E-state index contributed by atoms with van der Waals surface area (Å²) in [5, 5.41) is 19.2. The fourth-order valence-corrected chi connectivity index (χ4v) is 1.97. The van der Waals surface area contributed by atoms with E-state index in [9.17, 15) is 14.3 Å². The molecule has 0 aromatic heterocycles. The first-order valence-corrected chi connectivity index (χ1v) is 6.72. The summed E-state index contributed by atoms with van der Waals surface area (Å²) in [5.74, 6) is -1.54. The van der Waals surface area contributed by atoms with Crippen LogP contribution in [0.3, 0.4) is 0 Å². The monoisotopic (exact) mass is 345 g/mol. The quantitative estimate of drug-likeness (QED) is 0.391. The number of aliphatic hydroxyl groups excluding tert-OH is 1. The van der Waals surface area contributed by atoms with E-state index in [0.29, 0.717) is 5.56 Å². The average molecular weight is 346 g/mol. The molecule has 0 bridgehead atoms. The van der Waals surface area contributed by atoms with Crippen molar-refractivity contribution in [3.05, 3.63) is 75.5 Å². The van der Waals surface area contributed by atoms with Crippen LogP contribution in [0.2, 0.25) is 0 Å². The van der Waals surface area contributed by atoms with E-state index in [1.165, 1.54) is 12.1 Å². The smallest absolute Gasteiger partial charge is 0.207 e. The zero-order chi connectivity index (χ0) is 15.4. The third-order valence-electron chi connectivity index (χ3n) is 2.80. The number of nitriles is 1. The van der Waals surface area contributed by atoms with Gasteiger partial charge in [-0.3, -0.25) is 4.79 Å². The molecule has 0 saturated heterocycles. The van der Waals surface area contributed by atoms with Crippen LogP contribution in [0.5, 0.6) is 0 Å². The van der Waals surface area contributed by atoms with Crippen molar-refractivity contribution in [1.82, 2.24) is 0 Å². The molecule has 104 valence electrons. The average Bonchev–Trinajstić information content (AvgIpc) is 2.49. The van der Waals surface area contributed by atoms with Crippen molar-refractivity contribution in [2.24, 2.45) is 0 Å². The predicted octanol–water partition coefficient (Wildman–Crippen LogP) is 4.26. The number of hydrogen-bond acceptors (Lipinski definition) is 3. The molecule has 2 aromatic rings. The highest BCUT2D eigenvalue weighted by Gasteiger charge is 2.18. The number of nitrogens with zero attached hydrogens (tertiary/aromatic N) is 1. The van der Waals surface area contributed by atoms with Crippen molar-refractivity contribution in [2.75, 3.05) is 0 Å². The lowest BCUT2D eigenvalue weighted by Gasteiger charge is -2.04. The number of ketones is 1. The number of allylic oxidation sites excluding steroid dienone is 1. The minimum Gasteiger partial charge on any atom is -0.506 e. The largest absolute Gasteiger partial charge is 0.506 e. The van der Waals surface area contributed by atoms with Crippen LogP contribution >= 0.6 is 15.9 Å². The van der Waals surface area contributed by atoms with Crippen LogP contribution < -0.4 is 0 Å². The van der Waals surface area contributed by atoms with E-state index in [1.807, 2.05) is 0 Å². The molecule has 5 heteroatoms. The minimum absolute atomic E-state index is 0.136. The van der Waals surface area contributed by atoms with Gasteiger partial charge in [-0.15, -0.1) is 0 Å². The first-order chi connectivity index (χ1) is 10.0. The number of hydrogen-bond donors (Lipinski definition) is 1. The van der Waals surface area contributed by atoms with E-state index in [1.54, 1.807) is 30.3 Å². The Labute approximate surface area is 129 Å². The Kier molecular flexibility index (Phi) is 4.51. The van der Waals surface area contributed by atoms with Crippen molar-refractivity contribution in [1.29, 1.82) is 5.26 Å². The topological polar surface area (TPSA) is 61.1 Å². The summed E-state index contributed by atoms with van der Waals surface area (Å²) in [4.78, 5) is 12.2. The van der Waals surface area contributed by atoms with Crippen molar-refractivity contribution < 1.29 is 14.3 Å². The van der Waals surface area contributed by atoms with Crippen LogP contribution in [0.25, 0.3) is 5.76 Å². The maximum atomic E-state index is 12.9. The second kappa shape index (κ2) is 6.33. The minimum atomic E-state index is -0.655. The van der Waals surface area contributed by atoms with E-state index in [-0.39, 0.29) is 11.1 Å². The number of Topliss-reactive ketones (excluding diaryl/α,β-unsaturated/α-hetero) is 1. The summed E-state index contributed by atoms with van der Waals surface area (Å²) in [6.07, 6.45) is 0. The van der Waals surface area contributed by atoms with Gasteiger partial charge in [-0.1, -0.05) is 28.1 Å². The van der Waals surface area contributed by atoms with E-state index in [2.05, 4.69) is 15.9 Å². The van der Waals surface area contributed by atoms with Crippen LogP contribution in [0.15, 0.2) is 58.6 Å². The maximum absolute atomic E-state index is 12.9. The van der Waals surface area contributed by atoms with Gasteiger partial charge in [-0.05, 0) is 36.4 Å².